The van der Waals surface area contributed by atoms with Gasteiger partial charge in [-0.1, -0.05) is 211 Å². The lowest BCUT2D eigenvalue weighted by Crippen LogP contribution is -2.45. The van der Waals surface area contributed by atoms with Gasteiger partial charge < -0.3 is 21.1 Å². The molecule has 0 radical (unpaired) electrons. The largest absolute Gasteiger partial charge is 0.472 e. The summed E-state index contributed by atoms with van der Waals surface area (Å²) in [7, 11) is -4.35. The van der Waals surface area contributed by atoms with Crippen molar-refractivity contribution in [3.05, 3.63) is 36.5 Å². The Hall–Kier alpha value is -1.28. The quantitative estimate of drug-likeness (QED) is 0.0274. The summed E-state index contributed by atoms with van der Waals surface area (Å²) < 4.78 is 22.1. The van der Waals surface area contributed by atoms with Gasteiger partial charge in [-0.25, -0.2) is 4.57 Å². The van der Waals surface area contributed by atoms with Gasteiger partial charge in [0, 0.05) is 13.0 Å². The molecule has 0 spiro atoms. The number of carbonyl (C=O) groups is 1. The third-order valence-electron chi connectivity index (χ3n) is 10.4. The number of rotatable bonds is 44. The average molecular weight is 811 g/mol. The molecule has 0 aliphatic rings. The molecule has 0 aliphatic carbocycles. The zero-order chi connectivity index (χ0) is 41.1. The van der Waals surface area contributed by atoms with Crippen LogP contribution in [0.3, 0.4) is 0 Å². The van der Waals surface area contributed by atoms with Crippen LogP contribution in [0, 0.1) is 0 Å². The number of carbonyl (C=O) groups excluding carboxylic acids is 1. The maximum Gasteiger partial charge on any atom is 0.472 e. The van der Waals surface area contributed by atoms with Crippen LogP contribution < -0.4 is 11.1 Å². The van der Waals surface area contributed by atoms with E-state index in [1.54, 1.807) is 6.08 Å². The molecule has 0 rings (SSSR count). The first-order chi connectivity index (χ1) is 27.4. The number of unbranched alkanes of at least 4 members (excludes halogenated alkanes) is 28. The highest BCUT2D eigenvalue weighted by Crippen LogP contribution is 2.43. The standard InChI is InChI=1S/C47H91N2O6P/c1-3-5-7-9-11-13-15-17-19-21-22-23-25-26-28-30-32-34-36-38-40-46(50)45(44-55-56(52,53)54-43-42-48)49-47(51)41-39-37-35-33-31-29-27-24-20-18-16-14-12-10-8-6-4-2/h23,25,30,32,38,40,45-46,50H,3-22,24,26-29,31,33-37,39,41-44,48H2,1-2H3,(H,49,51)(H,52,53)/b25-23+,32-30+,40-38+. The number of aliphatic hydroxyl groups excluding tert-OH is 1. The highest BCUT2D eigenvalue weighted by atomic mass is 31.2. The number of amides is 1. The zero-order valence-electron chi connectivity index (χ0n) is 36.6. The molecule has 0 aromatic carbocycles. The van der Waals surface area contributed by atoms with E-state index in [4.69, 9.17) is 14.8 Å². The van der Waals surface area contributed by atoms with Crippen LogP contribution in [0.15, 0.2) is 36.5 Å². The number of nitrogens with one attached hydrogen (secondary N) is 1. The molecular weight excluding hydrogens is 719 g/mol. The lowest BCUT2D eigenvalue weighted by atomic mass is 10.0. The van der Waals surface area contributed by atoms with Crippen molar-refractivity contribution in [3.63, 3.8) is 0 Å². The Kier molecular flexibility index (Phi) is 42.3. The number of allylic oxidation sites excluding steroid dienone is 5. The van der Waals surface area contributed by atoms with E-state index < -0.39 is 20.0 Å². The molecule has 56 heavy (non-hydrogen) atoms. The van der Waals surface area contributed by atoms with E-state index in [2.05, 4.69) is 43.5 Å². The average Bonchev–Trinajstić information content (AvgIpc) is 3.19. The second-order valence-corrected chi connectivity index (χ2v) is 17.4. The Morgan fingerprint density at radius 2 is 0.946 bits per heavy atom. The van der Waals surface area contributed by atoms with Crippen molar-refractivity contribution in [2.75, 3.05) is 19.8 Å². The molecule has 0 bridgehead atoms. The second-order valence-electron chi connectivity index (χ2n) is 16.0. The van der Waals surface area contributed by atoms with Crippen LogP contribution in [0.5, 0.6) is 0 Å². The lowest BCUT2D eigenvalue weighted by molar-refractivity contribution is -0.123. The number of hydrogen-bond donors (Lipinski definition) is 4. The van der Waals surface area contributed by atoms with Gasteiger partial charge in [0.05, 0.1) is 25.4 Å². The van der Waals surface area contributed by atoms with Gasteiger partial charge in [-0.15, -0.1) is 0 Å². The molecule has 3 atom stereocenters. The van der Waals surface area contributed by atoms with Crippen LogP contribution in [0.2, 0.25) is 0 Å². The van der Waals surface area contributed by atoms with Gasteiger partial charge in [0.25, 0.3) is 0 Å². The van der Waals surface area contributed by atoms with Crippen LogP contribution in [-0.2, 0) is 18.4 Å². The zero-order valence-corrected chi connectivity index (χ0v) is 37.5. The van der Waals surface area contributed by atoms with Crippen LogP contribution in [0.25, 0.3) is 0 Å². The van der Waals surface area contributed by atoms with E-state index in [9.17, 15) is 19.4 Å². The van der Waals surface area contributed by atoms with Crippen LogP contribution in [0.4, 0.5) is 0 Å². The normalized spacial score (nSPS) is 14.3. The molecule has 1 amide bonds. The van der Waals surface area contributed by atoms with Gasteiger partial charge >= 0.3 is 7.82 Å². The Balaban J connectivity index is 4.23. The molecular formula is C47H91N2O6P. The van der Waals surface area contributed by atoms with Gasteiger partial charge in [0.15, 0.2) is 0 Å². The van der Waals surface area contributed by atoms with Crippen molar-refractivity contribution < 1.29 is 28.4 Å². The van der Waals surface area contributed by atoms with Crippen LogP contribution in [-0.4, -0.2) is 47.8 Å². The fourth-order valence-corrected chi connectivity index (χ4v) is 7.63. The SMILES string of the molecule is CCCCCCCCCCCC/C=C/CC/C=C/CC/C=C/C(O)C(COP(=O)(O)OCCN)NC(=O)CCCCCCCCCCCCCCCCCCC. The minimum Gasteiger partial charge on any atom is -0.387 e. The topological polar surface area (TPSA) is 131 Å². The summed E-state index contributed by atoms with van der Waals surface area (Å²) in [4.78, 5) is 22.7. The minimum absolute atomic E-state index is 0.0728. The first-order valence-electron chi connectivity index (χ1n) is 23.6. The van der Waals surface area contributed by atoms with Gasteiger partial charge in [-0.05, 0) is 44.9 Å². The van der Waals surface area contributed by atoms with Crippen molar-refractivity contribution >= 4 is 13.7 Å². The van der Waals surface area contributed by atoms with Gasteiger partial charge in [0.2, 0.25) is 5.91 Å². The van der Waals surface area contributed by atoms with E-state index in [0.717, 1.165) is 44.9 Å². The third kappa shape index (κ3) is 40.9. The summed E-state index contributed by atoms with van der Waals surface area (Å²) >= 11 is 0. The number of phosphoric ester groups is 1. The lowest BCUT2D eigenvalue weighted by Gasteiger charge is -2.23. The molecule has 0 aliphatic heterocycles. The van der Waals surface area contributed by atoms with E-state index in [1.165, 1.54) is 161 Å². The van der Waals surface area contributed by atoms with E-state index in [1.807, 2.05) is 6.08 Å². The molecule has 0 aromatic heterocycles. The summed E-state index contributed by atoms with van der Waals surface area (Å²) in [5.41, 5.74) is 5.38. The van der Waals surface area contributed by atoms with Crippen molar-refractivity contribution in [1.82, 2.24) is 5.32 Å². The molecule has 0 fully saturated rings. The molecule has 9 heteroatoms. The van der Waals surface area contributed by atoms with E-state index >= 15 is 0 Å². The highest BCUT2D eigenvalue weighted by Gasteiger charge is 2.26. The predicted molar refractivity (Wildman–Crippen MR) is 240 cm³/mol. The fraction of sp³-hybridized carbons (Fsp3) is 0.851. The van der Waals surface area contributed by atoms with Gasteiger partial charge in [-0.2, -0.15) is 0 Å². The Morgan fingerprint density at radius 3 is 1.38 bits per heavy atom. The maximum atomic E-state index is 12.8. The molecule has 0 heterocycles. The number of hydrogen-bond acceptors (Lipinski definition) is 6. The van der Waals surface area contributed by atoms with E-state index in [-0.39, 0.29) is 25.7 Å². The van der Waals surface area contributed by atoms with Gasteiger partial charge in [0.1, 0.15) is 0 Å². The summed E-state index contributed by atoms with van der Waals surface area (Å²) in [5.74, 6) is -0.205. The summed E-state index contributed by atoms with van der Waals surface area (Å²) in [6.07, 6.45) is 52.0. The van der Waals surface area contributed by atoms with Crippen LogP contribution >= 0.6 is 7.82 Å². The minimum atomic E-state index is -4.35. The number of phosphoric acid groups is 1. The Bertz CT molecular complexity index is 974. The summed E-state index contributed by atoms with van der Waals surface area (Å²) in [6.45, 7) is 4.13. The summed E-state index contributed by atoms with van der Waals surface area (Å²) in [5, 5.41) is 13.7. The molecule has 330 valence electrons. The smallest absolute Gasteiger partial charge is 0.387 e. The summed E-state index contributed by atoms with van der Waals surface area (Å²) in [6, 6.07) is -0.880. The molecule has 0 saturated heterocycles. The van der Waals surface area contributed by atoms with Crippen molar-refractivity contribution in [2.45, 2.75) is 238 Å². The van der Waals surface area contributed by atoms with Crippen molar-refractivity contribution in [2.24, 2.45) is 5.73 Å². The van der Waals surface area contributed by atoms with Crippen LogP contribution in [0.1, 0.15) is 226 Å². The number of aliphatic hydroxyl groups is 1. The monoisotopic (exact) mass is 811 g/mol. The predicted octanol–water partition coefficient (Wildman–Crippen LogP) is 13.5. The maximum absolute atomic E-state index is 12.8. The number of nitrogens with two attached hydrogens (primary N) is 1. The first kappa shape index (κ1) is 54.7. The first-order valence-corrected chi connectivity index (χ1v) is 25.1. The van der Waals surface area contributed by atoms with Gasteiger partial charge in [-0.3, -0.25) is 13.8 Å². The fourth-order valence-electron chi connectivity index (χ4n) is 6.87. The molecule has 5 N–H and O–H groups in total. The van der Waals surface area contributed by atoms with E-state index in [0.29, 0.717) is 6.42 Å². The molecule has 0 aromatic rings. The van der Waals surface area contributed by atoms with Crippen molar-refractivity contribution in [1.29, 1.82) is 0 Å². The Morgan fingerprint density at radius 1 is 0.571 bits per heavy atom. The Labute approximate surface area is 346 Å². The molecule has 3 unspecified atom stereocenters. The third-order valence-corrected chi connectivity index (χ3v) is 11.4. The highest BCUT2D eigenvalue weighted by molar-refractivity contribution is 7.47. The second kappa shape index (κ2) is 43.3. The van der Waals surface area contributed by atoms with Crippen molar-refractivity contribution in [3.8, 4) is 0 Å². The molecule has 8 nitrogen and oxygen atoms in total. The molecule has 0 saturated carbocycles.